The molecule has 7 nitrogen and oxygen atoms in total. The van der Waals surface area contributed by atoms with Crippen molar-refractivity contribution in [3.63, 3.8) is 0 Å². The smallest absolute Gasteiger partial charge is 0.324 e. The van der Waals surface area contributed by atoms with Gasteiger partial charge in [0, 0.05) is 0 Å². The maximum absolute atomic E-state index is 12.8. The van der Waals surface area contributed by atoms with Gasteiger partial charge in [-0.05, 0) is 31.9 Å². The zero-order chi connectivity index (χ0) is 24.5. The Morgan fingerprint density at radius 1 is 0.818 bits per heavy atom. The van der Waals surface area contributed by atoms with Gasteiger partial charge in [0.2, 0.25) is 10.0 Å². The van der Waals surface area contributed by atoms with E-state index in [9.17, 15) is 18.0 Å². The summed E-state index contributed by atoms with van der Waals surface area (Å²) in [6.07, 6.45) is 9.57. The number of ether oxygens (including phenoxy) is 2. The fourth-order valence-corrected chi connectivity index (χ4v) is 4.43. The molecule has 8 heteroatoms. The van der Waals surface area contributed by atoms with Gasteiger partial charge in [-0.15, -0.1) is 0 Å². The Labute approximate surface area is 199 Å². The third-order valence-corrected chi connectivity index (χ3v) is 6.77. The molecule has 0 heterocycles. The van der Waals surface area contributed by atoms with Gasteiger partial charge in [-0.25, -0.2) is 8.42 Å². The number of nitrogens with one attached hydrogen (secondary N) is 1. The van der Waals surface area contributed by atoms with Gasteiger partial charge >= 0.3 is 11.9 Å². The van der Waals surface area contributed by atoms with Crippen molar-refractivity contribution in [2.75, 3.05) is 13.2 Å². The fraction of sp³-hybridized carbons (Fsp3) is 0.680. The molecule has 0 saturated carbocycles. The highest BCUT2D eigenvalue weighted by Crippen LogP contribution is 2.13. The molecule has 1 aromatic rings. The number of hydrogen-bond donors (Lipinski definition) is 1. The number of aryl methyl sites for hydroxylation is 1. The first-order valence-corrected chi connectivity index (χ1v) is 13.7. The normalized spacial score (nSPS) is 12.3. The lowest BCUT2D eigenvalue weighted by molar-refractivity contribution is -0.152. The lowest BCUT2D eigenvalue weighted by Crippen LogP contribution is -2.43. The summed E-state index contributed by atoms with van der Waals surface area (Å²) in [6.45, 7) is 6.55. The average molecular weight is 484 g/mol. The van der Waals surface area contributed by atoms with Crippen molar-refractivity contribution in [3.8, 4) is 0 Å². The van der Waals surface area contributed by atoms with E-state index in [2.05, 4.69) is 18.6 Å². The summed E-state index contributed by atoms with van der Waals surface area (Å²) in [5, 5.41) is 0. The summed E-state index contributed by atoms with van der Waals surface area (Å²) >= 11 is 0. The van der Waals surface area contributed by atoms with Crippen LogP contribution in [0, 0.1) is 6.92 Å². The number of hydrogen-bond acceptors (Lipinski definition) is 6. The molecule has 0 spiro atoms. The first kappa shape index (κ1) is 29.1. The minimum atomic E-state index is -4.00. The number of carbonyl (C=O) groups is 2. The Kier molecular flexibility index (Phi) is 14.7. The summed E-state index contributed by atoms with van der Waals surface area (Å²) in [4.78, 5) is 24.9. The number of carbonyl (C=O) groups excluding carboxylic acids is 2. The standard InChI is InChI=1S/C25H41NO6S/c1-4-6-8-10-12-18-31-24(27)20-23(25(28)32-19-13-11-9-7-5-2)26-33(29,30)22-16-14-21(3)15-17-22/h14-17,23,26H,4-13,18-20H2,1-3H3. The summed E-state index contributed by atoms with van der Waals surface area (Å²) in [6, 6.07) is 4.93. The highest BCUT2D eigenvalue weighted by Gasteiger charge is 2.29. The van der Waals surface area contributed by atoms with Crippen LogP contribution in [-0.2, 0) is 29.1 Å². The number of sulfonamides is 1. The molecule has 0 bridgehead atoms. The first-order chi connectivity index (χ1) is 15.8. The topological polar surface area (TPSA) is 98.8 Å². The molecule has 1 aromatic carbocycles. The SMILES string of the molecule is CCCCCCCOC(=O)CC(NS(=O)(=O)c1ccc(C)cc1)C(=O)OCCCCCCC. The van der Waals surface area contributed by atoms with Crippen LogP contribution >= 0.6 is 0 Å². The van der Waals surface area contributed by atoms with Crippen molar-refractivity contribution in [2.24, 2.45) is 0 Å². The summed E-state index contributed by atoms with van der Waals surface area (Å²) < 4.78 is 38.4. The molecule has 1 atom stereocenters. The van der Waals surface area contributed by atoms with Crippen LogP contribution < -0.4 is 4.72 Å². The maximum Gasteiger partial charge on any atom is 0.324 e. The van der Waals surface area contributed by atoms with Crippen molar-refractivity contribution < 1.29 is 27.5 Å². The summed E-state index contributed by atoms with van der Waals surface area (Å²) in [5.41, 5.74) is 0.912. The molecular weight excluding hydrogens is 442 g/mol. The number of benzene rings is 1. The molecule has 188 valence electrons. The predicted molar refractivity (Wildman–Crippen MR) is 129 cm³/mol. The van der Waals surface area contributed by atoms with Crippen LogP contribution in [0.25, 0.3) is 0 Å². The summed E-state index contributed by atoms with van der Waals surface area (Å²) in [5.74, 6) is -1.39. The number of unbranched alkanes of at least 4 members (excludes halogenated alkanes) is 8. The number of rotatable bonds is 18. The highest BCUT2D eigenvalue weighted by molar-refractivity contribution is 7.89. The van der Waals surface area contributed by atoms with Crippen molar-refractivity contribution in [1.82, 2.24) is 4.72 Å². The first-order valence-electron chi connectivity index (χ1n) is 12.2. The van der Waals surface area contributed by atoms with Gasteiger partial charge in [0.25, 0.3) is 0 Å². The Balaban J connectivity index is 2.69. The van der Waals surface area contributed by atoms with E-state index in [1.807, 2.05) is 6.92 Å². The zero-order valence-electron chi connectivity index (χ0n) is 20.4. The molecule has 0 saturated heterocycles. The van der Waals surface area contributed by atoms with E-state index in [0.717, 1.165) is 63.4 Å². The average Bonchev–Trinajstić information content (AvgIpc) is 2.78. The van der Waals surface area contributed by atoms with E-state index in [-0.39, 0.29) is 18.1 Å². The second-order valence-corrected chi connectivity index (χ2v) is 10.1. The second kappa shape index (κ2) is 16.6. The lowest BCUT2D eigenvalue weighted by Gasteiger charge is -2.17. The minimum Gasteiger partial charge on any atom is -0.466 e. The van der Waals surface area contributed by atoms with Gasteiger partial charge in [-0.2, -0.15) is 4.72 Å². The Morgan fingerprint density at radius 2 is 1.33 bits per heavy atom. The minimum absolute atomic E-state index is 0.0229. The second-order valence-electron chi connectivity index (χ2n) is 8.41. The van der Waals surface area contributed by atoms with Gasteiger partial charge < -0.3 is 9.47 Å². The van der Waals surface area contributed by atoms with E-state index in [1.54, 1.807) is 12.1 Å². The Morgan fingerprint density at radius 3 is 1.88 bits per heavy atom. The van der Waals surface area contributed by atoms with Crippen LogP contribution in [0.3, 0.4) is 0 Å². The van der Waals surface area contributed by atoms with E-state index in [0.29, 0.717) is 6.42 Å². The molecule has 0 aromatic heterocycles. The van der Waals surface area contributed by atoms with E-state index < -0.39 is 34.4 Å². The Hall–Kier alpha value is -1.93. The molecule has 1 rings (SSSR count). The highest BCUT2D eigenvalue weighted by atomic mass is 32.2. The van der Waals surface area contributed by atoms with Gasteiger partial charge in [0.05, 0.1) is 24.5 Å². The molecule has 1 unspecified atom stereocenters. The molecule has 0 aliphatic heterocycles. The van der Waals surface area contributed by atoms with Crippen LogP contribution in [0.15, 0.2) is 29.2 Å². The van der Waals surface area contributed by atoms with Crippen molar-refractivity contribution >= 4 is 22.0 Å². The van der Waals surface area contributed by atoms with Gasteiger partial charge in [-0.3, -0.25) is 9.59 Å². The maximum atomic E-state index is 12.8. The monoisotopic (exact) mass is 483 g/mol. The quantitative estimate of drug-likeness (QED) is 0.231. The van der Waals surface area contributed by atoms with Crippen molar-refractivity contribution in [3.05, 3.63) is 29.8 Å². The lowest BCUT2D eigenvalue weighted by atomic mass is 10.1. The number of esters is 2. The van der Waals surface area contributed by atoms with Gasteiger partial charge in [-0.1, -0.05) is 82.9 Å². The molecule has 0 aliphatic carbocycles. The van der Waals surface area contributed by atoms with E-state index >= 15 is 0 Å². The van der Waals surface area contributed by atoms with Gasteiger partial charge in [0.1, 0.15) is 6.04 Å². The van der Waals surface area contributed by atoms with E-state index in [1.165, 1.54) is 12.1 Å². The van der Waals surface area contributed by atoms with Crippen molar-refractivity contribution in [1.29, 1.82) is 0 Å². The van der Waals surface area contributed by atoms with E-state index in [4.69, 9.17) is 9.47 Å². The molecule has 1 N–H and O–H groups in total. The van der Waals surface area contributed by atoms with Gasteiger partial charge in [0.15, 0.2) is 0 Å². The largest absolute Gasteiger partial charge is 0.466 e. The van der Waals surface area contributed by atoms with Crippen LogP contribution in [0.5, 0.6) is 0 Å². The Bertz CT molecular complexity index is 792. The molecule has 0 aliphatic rings. The molecule has 33 heavy (non-hydrogen) atoms. The van der Waals surface area contributed by atoms with Crippen LogP contribution in [0.2, 0.25) is 0 Å². The zero-order valence-corrected chi connectivity index (χ0v) is 21.3. The molecule has 0 fully saturated rings. The third-order valence-electron chi connectivity index (χ3n) is 5.29. The third kappa shape index (κ3) is 12.8. The van der Waals surface area contributed by atoms with Crippen LogP contribution in [0.4, 0.5) is 0 Å². The molecular formula is C25H41NO6S. The molecule has 0 amide bonds. The van der Waals surface area contributed by atoms with Crippen LogP contribution in [0.1, 0.15) is 90.0 Å². The van der Waals surface area contributed by atoms with Crippen LogP contribution in [-0.4, -0.2) is 39.6 Å². The van der Waals surface area contributed by atoms with Crippen molar-refractivity contribution in [2.45, 2.75) is 102 Å². The predicted octanol–water partition coefficient (Wildman–Crippen LogP) is 5.06. The fourth-order valence-electron chi connectivity index (χ4n) is 3.24. The summed E-state index contributed by atoms with van der Waals surface area (Å²) in [7, 11) is -4.00. The molecule has 0 radical (unpaired) electrons.